The molecule has 0 unspecified atom stereocenters. The van der Waals surface area contributed by atoms with Crippen molar-refractivity contribution in [1.29, 1.82) is 0 Å². The first kappa shape index (κ1) is 24.1. The molecule has 2 heterocycles. The first-order chi connectivity index (χ1) is 15.4. The highest BCUT2D eigenvalue weighted by Gasteiger charge is 2.40. The zero-order valence-electron chi connectivity index (χ0n) is 18.3. The number of carbonyl (C=O) groups is 2. The number of nitrogens with zero attached hydrogens (tertiary/aromatic N) is 4. The SMILES string of the molecule is Cc1cc(N(C)C)nc(N[C@H]2C[C@@H](C(=O)O)N(C(=O)Cc3ccc(OC(F)(F)F)cc3)C2)n1. The van der Waals surface area contributed by atoms with Crippen molar-refractivity contribution in [3.8, 4) is 5.75 Å². The number of hydrogen-bond donors (Lipinski definition) is 2. The Labute approximate surface area is 188 Å². The highest BCUT2D eigenvalue weighted by molar-refractivity contribution is 5.86. The standard InChI is InChI=1S/C21H24F3N5O4/c1-12-8-17(28(2)3)27-20(25-12)26-14-10-16(19(31)32)29(11-14)18(30)9-13-4-6-15(7-5-13)33-21(22,23)24/h4-8,14,16H,9-11H2,1-3H3,(H,31,32)(H,25,26,27)/t14-,16-/m0/s1. The van der Waals surface area contributed by atoms with Crippen LogP contribution in [0.15, 0.2) is 30.3 Å². The highest BCUT2D eigenvalue weighted by Crippen LogP contribution is 2.25. The molecule has 12 heteroatoms. The number of alkyl halides is 3. The molecular formula is C21H24F3N5O4. The Morgan fingerprint density at radius 2 is 1.91 bits per heavy atom. The number of nitrogens with one attached hydrogen (secondary N) is 1. The van der Waals surface area contributed by atoms with Gasteiger partial charge in [0.05, 0.1) is 6.42 Å². The van der Waals surface area contributed by atoms with Gasteiger partial charge in [-0.1, -0.05) is 12.1 Å². The van der Waals surface area contributed by atoms with E-state index in [9.17, 15) is 27.9 Å². The van der Waals surface area contributed by atoms with E-state index < -0.39 is 30.0 Å². The fourth-order valence-corrected chi connectivity index (χ4v) is 3.56. The van der Waals surface area contributed by atoms with Gasteiger partial charge in [-0.25, -0.2) is 9.78 Å². The van der Waals surface area contributed by atoms with Crippen molar-refractivity contribution >= 4 is 23.6 Å². The molecule has 1 fully saturated rings. The summed E-state index contributed by atoms with van der Waals surface area (Å²) in [5.74, 6) is -0.968. The van der Waals surface area contributed by atoms with Crippen LogP contribution in [0.1, 0.15) is 17.7 Å². The molecule has 1 aromatic heterocycles. The van der Waals surface area contributed by atoms with Gasteiger partial charge in [-0.2, -0.15) is 4.98 Å². The molecule has 0 spiro atoms. The molecule has 33 heavy (non-hydrogen) atoms. The molecule has 0 aliphatic carbocycles. The highest BCUT2D eigenvalue weighted by atomic mass is 19.4. The van der Waals surface area contributed by atoms with Crippen molar-refractivity contribution in [2.24, 2.45) is 0 Å². The molecule has 1 aliphatic heterocycles. The molecule has 0 bridgehead atoms. The van der Waals surface area contributed by atoms with Gasteiger partial charge >= 0.3 is 12.3 Å². The average molecular weight is 467 g/mol. The number of aromatic nitrogens is 2. The number of rotatable bonds is 7. The molecule has 178 valence electrons. The first-order valence-electron chi connectivity index (χ1n) is 10.1. The lowest BCUT2D eigenvalue weighted by Crippen LogP contribution is -2.41. The summed E-state index contributed by atoms with van der Waals surface area (Å²) in [6.45, 7) is 1.94. The molecule has 2 aromatic rings. The minimum absolute atomic E-state index is 0.125. The van der Waals surface area contributed by atoms with E-state index >= 15 is 0 Å². The van der Waals surface area contributed by atoms with Crippen molar-refractivity contribution in [2.75, 3.05) is 30.9 Å². The monoisotopic (exact) mass is 467 g/mol. The Hall–Kier alpha value is -3.57. The van der Waals surface area contributed by atoms with E-state index in [0.29, 0.717) is 17.3 Å². The number of carboxylic acid groups (broad SMARTS) is 1. The number of likely N-dealkylation sites (tertiary alicyclic amines) is 1. The van der Waals surface area contributed by atoms with E-state index in [2.05, 4.69) is 20.0 Å². The van der Waals surface area contributed by atoms with Gasteiger partial charge in [0.15, 0.2) is 0 Å². The van der Waals surface area contributed by atoms with Crippen LogP contribution in [0.2, 0.25) is 0 Å². The number of amides is 1. The second-order valence-corrected chi connectivity index (χ2v) is 7.93. The van der Waals surface area contributed by atoms with Gasteiger partial charge in [0, 0.05) is 44.9 Å². The number of ether oxygens (including phenoxy) is 1. The van der Waals surface area contributed by atoms with E-state index in [1.54, 1.807) is 6.07 Å². The fraction of sp³-hybridized carbons (Fsp3) is 0.429. The van der Waals surface area contributed by atoms with E-state index in [0.717, 1.165) is 17.8 Å². The molecule has 1 amide bonds. The third-order valence-corrected chi connectivity index (χ3v) is 5.05. The molecule has 1 aliphatic rings. The van der Waals surface area contributed by atoms with Crippen LogP contribution in [0.5, 0.6) is 5.75 Å². The number of anilines is 2. The predicted molar refractivity (Wildman–Crippen MR) is 113 cm³/mol. The summed E-state index contributed by atoms with van der Waals surface area (Å²) >= 11 is 0. The summed E-state index contributed by atoms with van der Waals surface area (Å²) in [4.78, 5) is 36.4. The normalized spacial score (nSPS) is 18.2. The van der Waals surface area contributed by atoms with Crippen LogP contribution >= 0.6 is 0 Å². The largest absolute Gasteiger partial charge is 0.573 e. The van der Waals surface area contributed by atoms with Crippen LogP contribution in [0, 0.1) is 6.92 Å². The van der Waals surface area contributed by atoms with Crippen molar-refractivity contribution in [3.05, 3.63) is 41.6 Å². The maximum atomic E-state index is 12.8. The summed E-state index contributed by atoms with van der Waals surface area (Å²) in [5.41, 5.74) is 1.17. The summed E-state index contributed by atoms with van der Waals surface area (Å²) in [6.07, 6.45) is -4.81. The van der Waals surface area contributed by atoms with Crippen molar-refractivity contribution in [1.82, 2.24) is 14.9 Å². The maximum Gasteiger partial charge on any atom is 0.573 e. The summed E-state index contributed by atoms with van der Waals surface area (Å²) in [5, 5.41) is 12.7. The number of halogens is 3. The van der Waals surface area contributed by atoms with Crippen LogP contribution in [-0.2, 0) is 16.0 Å². The molecule has 1 saturated heterocycles. The molecule has 2 N–H and O–H groups in total. The number of carboxylic acids is 1. The third kappa shape index (κ3) is 6.46. The topological polar surface area (TPSA) is 108 Å². The van der Waals surface area contributed by atoms with Crippen LogP contribution < -0.4 is 15.0 Å². The van der Waals surface area contributed by atoms with Gasteiger partial charge in [-0.15, -0.1) is 13.2 Å². The Morgan fingerprint density at radius 3 is 2.48 bits per heavy atom. The van der Waals surface area contributed by atoms with E-state index in [-0.39, 0.29) is 25.4 Å². The number of carbonyl (C=O) groups excluding carboxylic acids is 1. The average Bonchev–Trinajstić information content (AvgIpc) is 3.12. The van der Waals surface area contributed by atoms with Gasteiger partial charge in [-0.3, -0.25) is 4.79 Å². The van der Waals surface area contributed by atoms with E-state index in [1.165, 1.54) is 17.0 Å². The number of aliphatic carboxylic acids is 1. The Balaban J connectivity index is 1.68. The fourth-order valence-electron chi connectivity index (χ4n) is 3.56. The van der Waals surface area contributed by atoms with Gasteiger partial charge in [-0.05, 0) is 24.6 Å². The number of aryl methyl sites for hydroxylation is 1. The minimum atomic E-state index is -4.81. The lowest BCUT2D eigenvalue weighted by Gasteiger charge is -2.21. The zero-order valence-corrected chi connectivity index (χ0v) is 18.3. The predicted octanol–water partition coefficient (Wildman–Crippen LogP) is 2.46. The Bertz CT molecular complexity index is 1010. The zero-order chi connectivity index (χ0) is 24.3. The quantitative estimate of drug-likeness (QED) is 0.640. The molecule has 3 rings (SSSR count). The second kappa shape index (κ2) is 9.51. The van der Waals surface area contributed by atoms with Gasteiger partial charge in [0.2, 0.25) is 11.9 Å². The third-order valence-electron chi connectivity index (χ3n) is 5.05. The number of hydrogen-bond acceptors (Lipinski definition) is 7. The van der Waals surface area contributed by atoms with Crippen LogP contribution in [0.25, 0.3) is 0 Å². The Morgan fingerprint density at radius 1 is 1.24 bits per heavy atom. The van der Waals surface area contributed by atoms with Crippen molar-refractivity contribution < 1.29 is 32.6 Å². The molecule has 1 aromatic carbocycles. The Kier molecular flexibility index (Phi) is 6.94. The van der Waals surface area contributed by atoms with Gasteiger partial charge < -0.3 is 25.0 Å². The van der Waals surface area contributed by atoms with E-state index in [1.807, 2.05) is 25.9 Å². The second-order valence-electron chi connectivity index (χ2n) is 7.93. The van der Waals surface area contributed by atoms with Gasteiger partial charge in [0.25, 0.3) is 0 Å². The van der Waals surface area contributed by atoms with Crippen molar-refractivity contribution in [3.63, 3.8) is 0 Å². The lowest BCUT2D eigenvalue weighted by molar-refractivity contribution is -0.274. The summed E-state index contributed by atoms with van der Waals surface area (Å²) < 4.78 is 40.7. The maximum absolute atomic E-state index is 12.8. The molecular weight excluding hydrogens is 443 g/mol. The molecule has 0 saturated carbocycles. The van der Waals surface area contributed by atoms with Crippen LogP contribution in [-0.4, -0.2) is 70.9 Å². The molecule has 0 radical (unpaired) electrons. The summed E-state index contributed by atoms with van der Waals surface area (Å²) in [6, 6.07) is 5.28. The molecule has 2 atom stereocenters. The lowest BCUT2D eigenvalue weighted by atomic mass is 10.1. The first-order valence-corrected chi connectivity index (χ1v) is 10.1. The smallest absolute Gasteiger partial charge is 0.480 e. The summed E-state index contributed by atoms with van der Waals surface area (Å²) in [7, 11) is 3.67. The minimum Gasteiger partial charge on any atom is -0.480 e. The van der Waals surface area contributed by atoms with Crippen LogP contribution in [0.3, 0.4) is 0 Å². The number of benzene rings is 1. The van der Waals surface area contributed by atoms with Gasteiger partial charge in [0.1, 0.15) is 17.6 Å². The van der Waals surface area contributed by atoms with E-state index in [4.69, 9.17) is 0 Å². The molecule has 9 nitrogen and oxygen atoms in total. The van der Waals surface area contributed by atoms with Crippen molar-refractivity contribution in [2.45, 2.75) is 38.2 Å². The van der Waals surface area contributed by atoms with Crippen LogP contribution in [0.4, 0.5) is 24.9 Å².